The van der Waals surface area contributed by atoms with E-state index in [1.165, 1.54) is 16.7 Å². The highest BCUT2D eigenvalue weighted by Gasteiger charge is 2.57. The second kappa shape index (κ2) is 6.21. The molecule has 0 aromatic carbocycles. The van der Waals surface area contributed by atoms with E-state index in [9.17, 15) is 19.5 Å². The number of rotatable bonds is 2. The van der Waals surface area contributed by atoms with Crippen LogP contribution >= 0.6 is 0 Å². The summed E-state index contributed by atoms with van der Waals surface area (Å²) in [6.07, 6.45) is -1.55. The van der Waals surface area contributed by atoms with E-state index < -0.39 is 35.3 Å². The summed E-state index contributed by atoms with van der Waals surface area (Å²) in [5, 5.41) is 12.2. The minimum atomic E-state index is -1.14. The Morgan fingerprint density at radius 2 is 2.00 bits per heavy atom. The molecule has 0 aromatic heterocycles. The molecule has 2 heterocycles. The quantitative estimate of drug-likeness (QED) is 0.533. The largest absolute Gasteiger partial charge is 0.444 e. The van der Waals surface area contributed by atoms with Gasteiger partial charge in [-0.2, -0.15) is 0 Å². The van der Waals surface area contributed by atoms with Gasteiger partial charge in [0.25, 0.3) is 0 Å². The highest BCUT2D eigenvalue weighted by molar-refractivity contribution is 5.98. The van der Waals surface area contributed by atoms with Crippen molar-refractivity contribution in [3.8, 4) is 0 Å². The molecule has 24 heavy (non-hydrogen) atoms. The molecule has 9 nitrogen and oxygen atoms in total. The van der Waals surface area contributed by atoms with E-state index in [0.29, 0.717) is 0 Å². The fourth-order valence-electron chi connectivity index (χ4n) is 2.81. The Balaban J connectivity index is 2.17. The van der Waals surface area contributed by atoms with Crippen LogP contribution in [0.5, 0.6) is 0 Å². The van der Waals surface area contributed by atoms with Crippen LogP contribution in [-0.4, -0.2) is 82.3 Å². The molecule has 9 heteroatoms. The molecule has 0 bridgehead atoms. The van der Waals surface area contributed by atoms with Crippen LogP contribution in [0.3, 0.4) is 0 Å². The van der Waals surface area contributed by atoms with E-state index >= 15 is 0 Å². The third kappa shape index (κ3) is 3.32. The number of aliphatic hydroxyl groups is 1. The van der Waals surface area contributed by atoms with Crippen LogP contribution in [0.25, 0.3) is 0 Å². The maximum Gasteiger partial charge on any atom is 0.410 e. The molecule has 0 aromatic rings. The maximum atomic E-state index is 12.5. The lowest BCUT2D eigenvalue weighted by Gasteiger charge is -2.54. The zero-order chi connectivity index (χ0) is 18.3. The Bertz CT molecular complexity index is 544. The Hall–Kier alpha value is -1.87. The Morgan fingerprint density at radius 1 is 1.38 bits per heavy atom. The van der Waals surface area contributed by atoms with Crippen LogP contribution in [0, 0.1) is 0 Å². The highest BCUT2D eigenvalue weighted by Crippen LogP contribution is 2.29. The van der Waals surface area contributed by atoms with Gasteiger partial charge in [-0.25, -0.2) is 4.79 Å². The predicted molar refractivity (Wildman–Crippen MR) is 84.9 cm³/mol. The summed E-state index contributed by atoms with van der Waals surface area (Å²) in [5.41, 5.74) is 3.95. The first-order chi connectivity index (χ1) is 11.0. The van der Waals surface area contributed by atoms with Gasteiger partial charge in [0, 0.05) is 13.1 Å². The molecule has 3 amide bonds. The molecule has 2 saturated heterocycles. The third-order valence-electron chi connectivity index (χ3n) is 4.25. The molecular formula is C15H26N4O5. The summed E-state index contributed by atoms with van der Waals surface area (Å²) >= 11 is 0. The smallest absolute Gasteiger partial charge is 0.410 e. The number of carbonyl (C=O) groups is 3. The van der Waals surface area contributed by atoms with E-state index in [1.54, 1.807) is 20.8 Å². The van der Waals surface area contributed by atoms with Crippen LogP contribution in [0.15, 0.2) is 0 Å². The second-order valence-corrected chi connectivity index (χ2v) is 7.37. The number of nitrogens with zero attached hydrogens (tertiary/aromatic N) is 2. The number of hydrogen-bond donors (Lipinski definition) is 3. The maximum absolute atomic E-state index is 12.5. The Morgan fingerprint density at radius 3 is 2.42 bits per heavy atom. The number of nitrogens with one attached hydrogen (secondary N) is 1. The Kier molecular flexibility index (Phi) is 4.78. The molecule has 2 rings (SSSR count). The van der Waals surface area contributed by atoms with Gasteiger partial charge in [0.2, 0.25) is 11.8 Å². The van der Waals surface area contributed by atoms with Crippen molar-refractivity contribution < 1.29 is 24.2 Å². The molecule has 2 aliphatic heterocycles. The number of piperazine rings is 1. The molecule has 3 atom stereocenters. The molecule has 1 spiro atoms. The summed E-state index contributed by atoms with van der Waals surface area (Å²) in [4.78, 5) is 39.8. The normalized spacial score (nSPS) is 26.5. The van der Waals surface area contributed by atoms with Gasteiger partial charge < -0.3 is 30.7 Å². The van der Waals surface area contributed by atoms with Crippen LogP contribution in [0.1, 0.15) is 27.7 Å². The van der Waals surface area contributed by atoms with Gasteiger partial charge in [0.1, 0.15) is 11.6 Å². The zero-order valence-electron chi connectivity index (χ0n) is 14.5. The summed E-state index contributed by atoms with van der Waals surface area (Å²) in [5.74, 6) is -0.828. The molecule has 0 saturated carbocycles. The van der Waals surface area contributed by atoms with Crippen LogP contribution < -0.4 is 11.1 Å². The number of amides is 3. The van der Waals surface area contributed by atoms with Gasteiger partial charge in [0.15, 0.2) is 5.54 Å². The first-order valence-corrected chi connectivity index (χ1v) is 7.99. The lowest BCUT2D eigenvalue weighted by atomic mass is 9.85. The van der Waals surface area contributed by atoms with Crippen molar-refractivity contribution in [3.63, 3.8) is 0 Å². The van der Waals surface area contributed by atoms with E-state index in [1.807, 2.05) is 0 Å². The SMILES string of the molecule is CC(O)[C@H](N)C(=O)N1CCN(C(=O)OC(C)(C)C)CC12CNC2=O. The van der Waals surface area contributed by atoms with Crippen molar-refractivity contribution in [2.75, 3.05) is 26.2 Å². The van der Waals surface area contributed by atoms with Crippen molar-refractivity contribution >= 4 is 17.9 Å². The predicted octanol–water partition coefficient (Wildman–Crippen LogP) is -1.36. The van der Waals surface area contributed by atoms with Gasteiger partial charge in [-0.05, 0) is 27.7 Å². The number of ether oxygens (including phenoxy) is 1. The molecule has 2 aliphatic rings. The number of β-lactam (4-membered cyclic amide) rings is 1. The van der Waals surface area contributed by atoms with Crippen molar-refractivity contribution in [1.29, 1.82) is 0 Å². The fraction of sp³-hybridized carbons (Fsp3) is 0.800. The van der Waals surface area contributed by atoms with Gasteiger partial charge in [-0.15, -0.1) is 0 Å². The van der Waals surface area contributed by atoms with Crippen molar-refractivity contribution in [2.45, 2.75) is 51.0 Å². The lowest BCUT2D eigenvalue weighted by Crippen LogP contribution is -2.81. The molecule has 2 unspecified atom stereocenters. The first kappa shape index (κ1) is 18.5. The topological polar surface area (TPSA) is 125 Å². The second-order valence-electron chi connectivity index (χ2n) is 7.37. The number of hydrogen-bond acceptors (Lipinski definition) is 6. The average Bonchev–Trinajstić information content (AvgIpc) is 2.49. The molecule has 136 valence electrons. The van der Waals surface area contributed by atoms with Crippen molar-refractivity contribution in [3.05, 3.63) is 0 Å². The Labute approximate surface area is 141 Å². The van der Waals surface area contributed by atoms with Crippen molar-refractivity contribution in [1.82, 2.24) is 15.1 Å². The van der Waals surface area contributed by atoms with Crippen LogP contribution in [0.4, 0.5) is 4.79 Å². The van der Waals surface area contributed by atoms with Gasteiger partial charge in [0.05, 0.1) is 19.2 Å². The van der Waals surface area contributed by atoms with Gasteiger partial charge in [-0.1, -0.05) is 0 Å². The zero-order valence-corrected chi connectivity index (χ0v) is 14.5. The van der Waals surface area contributed by atoms with Crippen molar-refractivity contribution in [2.24, 2.45) is 5.73 Å². The van der Waals surface area contributed by atoms with E-state index in [-0.39, 0.29) is 32.1 Å². The molecule has 0 aliphatic carbocycles. The number of aliphatic hydroxyl groups excluding tert-OH is 1. The lowest BCUT2D eigenvalue weighted by molar-refractivity contribution is -0.163. The molecular weight excluding hydrogens is 316 g/mol. The third-order valence-corrected chi connectivity index (χ3v) is 4.25. The summed E-state index contributed by atoms with van der Waals surface area (Å²) in [6.45, 7) is 7.39. The van der Waals surface area contributed by atoms with E-state index in [4.69, 9.17) is 10.5 Å². The highest BCUT2D eigenvalue weighted by atomic mass is 16.6. The summed E-state index contributed by atoms with van der Waals surface area (Å²) < 4.78 is 5.34. The van der Waals surface area contributed by atoms with E-state index in [2.05, 4.69) is 5.32 Å². The fourth-order valence-corrected chi connectivity index (χ4v) is 2.81. The van der Waals surface area contributed by atoms with E-state index in [0.717, 1.165) is 0 Å². The first-order valence-electron chi connectivity index (χ1n) is 7.99. The minimum Gasteiger partial charge on any atom is -0.444 e. The number of nitrogens with two attached hydrogens (primary N) is 1. The summed E-state index contributed by atoms with van der Waals surface area (Å²) in [6, 6.07) is -1.11. The van der Waals surface area contributed by atoms with Gasteiger partial charge >= 0.3 is 6.09 Å². The summed E-state index contributed by atoms with van der Waals surface area (Å²) in [7, 11) is 0. The minimum absolute atomic E-state index is 0.0476. The molecule has 4 N–H and O–H groups in total. The van der Waals surface area contributed by atoms with Crippen LogP contribution in [0.2, 0.25) is 0 Å². The molecule has 2 fully saturated rings. The average molecular weight is 342 g/mol. The monoisotopic (exact) mass is 342 g/mol. The van der Waals surface area contributed by atoms with Gasteiger partial charge in [-0.3, -0.25) is 9.59 Å². The van der Waals surface area contributed by atoms with Crippen LogP contribution in [-0.2, 0) is 14.3 Å². The standard InChI is InChI=1S/C15H26N4O5/c1-9(20)10(16)11(21)19-6-5-18(13(23)24-14(2,3)4)8-15(19)7-17-12(15)22/h9-10,20H,5-8,16H2,1-4H3,(H,17,22)/t9?,10-,15?/m0/s1. The number of carbonyl (C=O) groups excluding carboxylic acids is 3. The molecule has 0 radical (unpaired) electrons.